The van der Waals surface area contributed by atoms with Gasteiger partial charge in [-0.05, 0) is 35.9 Å². The predicted molar refractivity (Wildman–Crippen MR) is 71.6 cm³/mol. The number of aromatic nitrogens is 1. The van der Waals surface area contributed by atoms with E-state index in [1.807, 2.05) is 12.1 Å². The number of aromatic carboxylic acids is 1. The van der Waals surface area contributed by atoms with Crippen molar-refractivity contribution in [1.82, 2.24) is 4.98 Å². The van der Waals surface area contributed by atoms with Crippen LogP contribution in [-0.4, -0.2) is 16.1 Å². The topological polar surface area (TPSA) is 50.2 Å². The SMILES string of the molecule is O=C(O)c1cccnc1/C=C/c1cccc(Cl)c1. The Morgan fingerprint density at radius 1 is 1.22 bits per heavy atom. The highest BCUT2D eigenvalue weighted by atomic mass is 35.5. The molecule has 0 unspecified atom stereocenters. The van der Waals surface area contributed by atoms with Gasteiger partial charge in [0.2, 0.25) is 0 Å². The summed E-state index contributed by atoms with van der Waals surface area (Å²) in [5.74, 6) is -0.992. The molecule has 18 heavy (non-hydrogen) atoms. The zero-order valence-corrected chi connectivity index (χ0v) is 10.1. The van der Waals surface area contributed by atoms with Gasteiger partial charge >= 0.3 is 5.97 Å². The molecule has 4 heteroatoms. The first-order valence-electron chi connectivity index (χ1n) is 5.29. The molecule has 1 aromatic heterocycles. The first kappa shape index (κ1) is 12.3. The van der Waals surface area contributed by atoms with Crippen LogP contribution in [0.3, 0.4) is 0 Å². The third-order valence-electron chi connectivity index (χ3n) is 2.35. The lowest BCUT2D eigenvalue weighted by Gasteiger charge is -1.99. The average molecular weight is 260 g/mol. The van der Waals surface area contributed by atoms with E-state index in [-0.39, 0.29) is 5.56 Å². The van der Waals surface area contributed by atoms with Crippen LogP contribution in [0.1, 0.15) is 21.6 Å². The highest BCUT2D eigenvalue weighted by Crippen LogP contribution is 2.14. The molecule has 0 spiro atoms. The third kappa shape index (κ3) is 2.96. The van der Waals surface area contributed by atoms with E-state index in [1.54, 1.807) is 36.5 Å². The smallest absolute Gasteiger partial charge is 0.337 e. The average Bonchev–Trinajstić information content (AvgIpc) is 2.37. The van der Waals surface area contributed by atoms with Crippen molar-refractivity contribution in [1.29, 1.82) is 0 Å². The summed E-state index contributed by atoms with van der Waals surface area (Å²) in [5, 5.41) is 9.65. The summed E-state index contributed by atoms with van der Waals surface area (Å²) in [7, 11) is 0. The second-order valence-electron chi connectivity index (χ2n) is 3.63. The summed E-state index contributed by atoms with van der Waals surface area (Å²) >= 11 is 5.86. The van der Waals surface area contributed by atoms with Gasteiger partial charge in [-0.3, -0.25) is 4.98 Å². The number of carbonyl (C=O) groups is 1. The fraction of sp³-hybridized carbons (Fsp3) is 0. The minimum Gasteiger partial charge on any atom is -0.478 e. The number of rotatable bonds is 3. The first-order valence-corrected chi connectivity index (χ1v) is 5.66. The Bertz CT molecular complexity index is 608. The van der Waals surface area contributed by atoms with Gasteiger partial charge < -0.3 is 5.11 Å². The molecule has 1 N–H and O–H groups in total. The van der Waals surface area contributed by atoms with Crippen LogP contribution in [0.15, 0.2) is 42.6 Å². The summed E-state index contributed by atoms with van der Waals surface area (Å²) in [5.41, 5.74) is 1.49. The van der Waals surface area contributed by atoms with E-state index in [0.717, 1.165) is 5.56 Å². The van der Waals surface area contributed by atoms with Crippen LogP contribution >= 0.6 is 11.6 Å². The Labute approximate surface area is 109 Å². The van der Waals surface area contributed by atoms with Crippen molar-refractivity contribution in [3.05, 3.63) is 64.4 Å². The predicted octanol–water partition coefficient (Wildman–Crippen LogP) is 3.60. The first-order chi connectivity index (χ1) is 8.66. The molecule has 0 bridgehead atoms. The lowest BCUT2D eigenvalue weighted by atomic mass is 10.1. The van der Waals surface area contributed by atoms with Gasteiger partial charge in [-0.1, -0.05) is 29.8 Å². The Morgan fingerprint density at radius 3 is 2.78 bits per heavy atom. The van der Waals surface area contributed by atoms with Crippen LogP contribution in [0, 0.1) is 0 Å². The number of benzene rings is 1. The van der Waals surface area contributed by atoms with E-state index < -0.39 is 5.97 Å². The zero-order chi connectivity index (χ0) is 13.0. The van der Waals surface area contributed by atoms with Crippen LogP contribution in [0.5, 0.6) is 0 Å². The van der Waals surface area contributed by atoms with Crippen molar-refractivity contribution < 1.29 is 9.90 Å². The molecular formula is C14H10ClNO2. The molecule has 0 aliphatic rings. The van der Waals surface area contributed by atoms with Crippen LogP contribution < -0.4 is 0 Å². The maximum absolute atomic E-state index is 11.0. The Morgan fingerprint density at radius 2 is 2.06 bits per heavy atom. The van der Waals surface area contributed by atoms with Crippen LogP contribution in [-0.2, 0) is 0 Å². The van der Waals surface area contributed by atoms with Gasteiger partial charge in [0.25, 0.3) is 0 Å². The van der Waals surface area contributed by atoms with Gasteiger partial charge in [0.1, 0.15) is 0 Å². The number of nitrogens with zero attached hydrogens (tertiary/aromatic N) is 1. The molecule has 1 heterocycles. The Kier molecular flexibility index (Phi) is 3.75. The molecular weight excluding hydrogens is 250 g/mol. The molecule has 2 aromatic rings. The number of pyridine rings is 1. The minimum atomic E-state index is -0.992. The maximum Gasteiger partial charge on any atom is 0.337 e. The van der Waals surface area contributed by atoms with E-state index >= 15 is 0 Å². The fourth-order valence-corrected chi connectivity index (χ4v) is 1.72. The summed E-state index contributed by atoms with van der Waals surface area (Å²) in [6.07, 6.45) is 5.00. The lowest BCUT2D eigenvalue weighted by molar-refractivity contribution is 0.0696. The molecule has 2 rings (SSSR count). The quantitative estimate of drug-likeness (QED) is 0.916. The van der Waals surface area contributed by atoms with Gasteiger partial charge in [-0.25, -0.2) is 4.79 Å². The Balaban J connectivity index is 2.32. The molecule has 0 saturated carbocycles. The molecule has 3 nitrogen and oxygen atoms in total. The molecule has 0 radical (unpaired) electrons. The number of halogens is 1. The monoisotopic (exact) mass is 259 g/mol. The van der Waals surface area contributed by atoms with E-state index in [0.29, 0.717) is 10.7 Å². The van der Waals surface area contributed by atoms with Gasteiger partial charge in [0, 0.05) is 11.2 Å². The molecule has 0 atom stereocenters. The largest absolute Gasteiger partial charge is 0.478 e. The molecule has 0 saturated heterocycles. The summed E-state index contributed by atoms with van der Waals surface area (Å²) in [4.78, 5) is 15.0. The van der Waals surface area contributed by atoms with Crippen LogP contribution in [0.2, 0.25) is 5.02 Å². The second kappa shape index (κ2) is 5.47. The molecule has 90 valence electrons. The molecule has 1 aromatic carbocycles. The zero-order valence-electron chi connectivity index (χ0n) is 9.38. The van der Waals surface area contributed by atoms with Crippen molar-refractivity contribution in [2.24, 2.45) is 0 Å². The lowest BCUT2D eigenvalue weighted by Crippen LogP contribution is -2.00. The summed E-state index contributed by atoms with van der Waals surface area (Å²) in [6.45, 7) is 0. The second-order valence-corrected chi connectivity index (χ2v) is 4.07. The molecule has 0 amide bonds. The fourth-order valence-electron chi connectivity index (χ4n) is 1.52. The number of hydrogen-bond acceptors (Lipinski definition) is 2. The van der Waals surface area contributed by atoms with Crippen molar-refractivity contribution in [2.45, 2.75) is 0 Å². The van der Waals surface area contributed by atoms with E-state index in [2.05, 4.69) is 4.98 Å². The van der Waals surface area contributed by atoms with Gasteiger partial charge in [-0.15, -0.1) is 0 Å². The third-order valence-corrected chi connectivity index (χ3v) is 2.59. The van der Waals surface area contributed by atoms with Crippen molar-refractivity contribution >= 4 is 29.7 Å². The standard InChI is InChI=1S/C14H10ClNO2/c15-11-4-1-3-10(9-11)6-7-13-12(14(17)18)5-2-8-16-13/h1-9H,(H,17,18)/b7-6+. The molecule has 0 aliphatic heterocycles. The van der Waals surface area contributed by atoms with E-state index in [4.69, 9.17) is 16.7 Å². The number of carboxylic acid groups (broad SMARTS) is 1. The van der Waals surface area contributed by atoms with E-state index in [1.165, 1.54) is 6.07 Å². The molecule has 0 aliphatic carbocycles. The molecule has 0 fully saturated rings. The maximum atomic E-state index is 11.0. The van der Waals surface area contributed by atoms with Crippen LogP contribution in [0.25, 0.3) is 12.2 Å². The normalized spacial score (nSPS) is 10.7. The van der Waals surface area contributed by atoms with Gasteiger partial charge in [-0.2, -0.15) is 0 Å². The summed E-state index contributed by atoms with van der Waals surface area (Å²) in [6, 6.07) is 10.4. The highest BCUT2D eigenvalue weighted by Gasteiger charge is 2.07. The minimum absolute atomic E-state index is 0.177. The van der Waals surface area contributed by atoms with Crippen LogP contribution in [0.4, 0.5) is 0 Å². The van der Waals surface area contributed by atoms with Gasteiger partial charge in [0.15, 0.2) is 0 Å². The number of carboxylic acids is 1. The van der Waals surface area contributed by atoms with Crippen molar-refractivity contribution in [3.8, 4) is 0 Å². The van der Waals surface area contributed by atoms with Crippen molar-refractivity contribution in [3.63, 3.8) is 0 Å². The van der Waals surface area contributed by atoms with E-state index in [9.17, 15) is 4.79 Å². The highest BCUT2D eigenvalue weighted by molar-refractivity contribution is 6.30. The van der Waals surface area contributed by atoms with Crippen molar-refractivity contribution in [2.75, 3.05) is 0 Å². The number of hydrogen-bond donors (Lipinski definition) is 1. The Hall–Kier alpha value is -2.13. The summed E-state index contributed by atoms with van der Waals surface area (Å²) < 4.78 is 0. The van der Waals surface area contributed by atoms with Gasteiger partial charge in [0.05, 0.1) is 11.3 Å².